The van der Waals surface area contributed by atoms with Gasteiger partial charge in [0.25, 0.3) is 0 Å². The highest BCUT2D eigenvalue weighted by Crippen LogP contribution is 2.35. The van der Waals surface area contributed by atoms with Gasteiger partial charge >= 0.3 is 0 Å². The van der Waals surface area contributed by atoms with Gasteiger partial charge in [-0.05, 0) is 29.2 Å². The first-order valence-electron chi connectivity index (χ1n) is 8.96. The van der Waals surface area contributed by atoms with Gasteiger partial charge in [-0.15, -0.1) is 10.2 Å². The lowest BCUT2D eigenvalue weighted by Gasteiger charge is -2.18. The van der Waals surface area contributed by atoms with Gasteiger partial charge in [-0.3, -0.25) is 0 Å². The lowest BCUT2D eigenvalue weighted by Crippen LogP contribution is -2.10. The van der Waals surface area contributed by atoms with E-state index in [1.807, 2.05) is 18.2 Å². The molecule has 144 valence electrons. The van der Waals surface area contributed by atoms with Crippen LogP contribution >= 0.6 is 11.3 Å². The largest absolute Gasteiger partial charge is 0.493 e. The van der Waals surface area contributed by atoms with E-state index < -0.39 is 0 Å². The monoisotopic (exact) mass is 394 g/mol. The fourth-order valence-corrected chi connectivity index (χ4v) is 3.84. The highest BCUT2D eigenvalue weighted by atomic mass is 32.1. The van der Waals surface area contributed by atoms with E-state index in [2.05, 4.69) is 55.2 Å². The number of nitrogens with zero attached hydrogens (tertiary/aromatic N) is 4. The van der Waals surface area contributed by atoms with Crippen molar-refractivity contribution in [3.05, 3.63) is 48.0 Å². The molecule has 2 aromatic carbocycles. The van der Waals surface area contributed by atoms with Crippen LogP contribution in [0.4, 0.5) is 0 Å². The number of hydrogen-bond acceptors (Lipinski definition) is 6. The van der Waals surface area contributed by atoms with Crippen molar-refractivity contribution in [1.82, 2.24) is 19.8 Å². The van der Waals surface area contributed by atoms with E-state index in [-0.39, 0.29) is 5.41 Å². The first-order chi connectivity index (χ1) is 13.4. The summed E-state index contributed by atoms with van der Waals surface area (Å²) in [5.41, 5.74) is 3.33. The van der Waals surface area contributed by atoms with Crippen molar-refractivity contribution < 1.29 is 9.47 Å². The molecule has 0 saturated heterocycles. The summed E-state index contributed by atoms with van der Waals surface area (Å²) in [6, 6.07) is 14.2. The van der Waals surface area contributed by atoms with Crippen LogP contribution in [0, 0.1) is 0 Å². The Morgan fingerprint density at radius 2 is 1.54 bits per heavy atom. The molecular formula is C21H22N4O2S. The van der Waals surface area contributed by atoms with Crippen molar-refractivity contribution in [2.45, 2.75) is 26.2 Å². The molecule has 2 heterocycles. The van der Waals surface area contributed by atoms with Crippen molar-refractivity contribution >= 4 is 16.3 Å². The van der Waals surface area contributed by atoms with Crippen LogP contribution in [0.2, 0.25) is 0 Å². The zero-order valence-corrected chi connectivity index (χ0v) is 17.4. The smallest absolute Gasteiger partial charge is 0.235 e. The number of hydrogen-bond donors (Lipinski definition) is 0. The molecule has 0 unspecified atom stereocenters. The van der Waals surface area contributed by atoms with E-state index >= 15 is 0 Å². The summed E-state index contributed by atoms with van der Waals surface area (Å²) in [4.78, 5) is 0.750. The van der Waals surface area contributed by atoms with E-state index in [9.17, 15) is 0 Å². The molecule has 0 saturated carbocycles. The highest BCUT2D eigenvalue weighted by molar-refractivity contribution is 7.19. The van der Waals surface area contributed by atoms with Crippen LogP contribution < -0.4 is 9.47 Å². The second-order valence-corrected chi connectivity index (χ2v) is 8.48. The zero-order chi connectivity index (χ0) is 19.9. The number of benzene rings is 2. The predicted octanol–water partition coefficient (Wildman–Crippen LogP) is 4.83. The van der Waals surface area contributed by atoms with Gasteiger partial charge in [0.05, 0.1) is 14.2 Å². The average Bonchev–Trinajstić information content (AvgIpc) is 3.27. The van der Waals surface area contributed by atoms with Gasteiger partial charge in [-0.1, -0.05) is 56.4 Å². The molecule has 28 heavy (non-hydrogen) atoms. The molecule has 0 spiro atoms. The van der Waals surface area contributed by atoms with Crippen LogP contribution in [0.3, 0.4) is 0 Å². The number of aromatic nitrogens is 4. The average molecular weight is 395 g/mol. The number of fused-ring (bicyclic) bond motifs is 1. The van der Waals surface area contributed by atoms with Crippen LogP contribution in [0.25, 0.3) is 26.9 Å². The quantitative estimate of drug-likeness (QED) is 0.496. The molecule has 4 rings (SSSR count). The van der Waals surface area contributed by atoms with Gasteiger partial charge in [0, 0.05) is 11.1 Å². The van der Waals surface area contributed by atoms with E-state index in [1.54, 1.807) is 18.7 Å². The van der Waals surface area contributed by atoms with Gasteiger partial charge in [-0.25, -0.2) is 0 Å². The minimum Gasteiger partial charge on any atom is -0.493 e. The summed E-state index contributed by atoms with van der Waals surface area (Å²) in [5, 5.41) is 14.2. The summed E-state index contributed by atoms with van der Waals surface area (Å²) < 4.78 is 12.5. The molecular weight excluding hydrogens is 372 g/mol. The van der Waals surface area contributed by atoms with E-state index in [4.69, 9.17) is 14.6 Å². The Morgan fingerprint density at radius 3 is 2.18 bits per heavy atom. The van der Waals surface area contributed by atoms with Crippen molar-refractivity contribution in [2.75, 3.05) is 14.2 Å². The third-order valence-electron chi connectivity index (χ3n) is 4.63. The Morgan fingerprint density at radius 1 is 0.857 bits per heavy atom. The second-order valence-electron chi connectivity index (χ2n) is 7.52. The lowest BCUT2D eigenvalue weighted by molar-refractivity contribution is 0.355. The molecule has 0 aliphatic carbocycles. The van der Waals surface area contributed by atoms with Crippen LogP contribution in [0.1, 0.15) is 26.3 Å². The van der Waals surface area contributed by atoms with Crippen LogP contribution in [0.5, 0.6) is 11.5 Å². The van der Waals surface area contributed by atoms with Gasteiger partial charge < -0.3 is 9.47 Å². The van der Waals surface area contributed by atoms with Gasteiger partial charge in [0.1, 0.15) is 5.01 Å². The van der Waals surface area contributed by atoms with E-state index in [0.29, 0.717) is 11.5 Å². The predicted molar refractivity (Wildman–Crippen MR) is 111 cm³/mol. The van der Waals surface area contributed by atoms with E-state index in [0.717, 1.165) is 26.9 Å². The standard InChI is InChI=1S/C21H22N4O2S/c1-21(2,3)15-9-6-13(7-10-15)18-22-23-20-25(18)24-19(28-20)14-8-11-16(26-4)17(12-14)27-5/h6-12H,1-5H3. The molecule has 2 aromatic heterocycles. The molecule has 6 nitrogen and oxygen atoms in total. The van der Waals surface area contributed by atoms with Crippen molar-refractivity contribution in [1.29, 1.82) is 0 Å². The number of rotatable bonds is 4. The fourth-order valence-electron chi connectivity index (χ4n) is 3.00. The molecule has 7 heteroatoms. The summed E-state index contributed by atoms with van der Waals surface area (Å²) in [6.07, 6.45) is 0. The normalized spacial score (nSPS) is 11.8. The molecule has 0 aliphatic rings. The minimum absolute atomic E-state index is 0.111. The highest BCUT2D eigenvalue weighted by Gasteiger charge is 2.17. The first-order valence-corrected chi connectivity index (χ1v) is 9.78. The Balaban J connectivity index is 1.73. The first kappa shape index (κ1) is 18.4. The summed E-state index contributed by atoms with van der Waals surface area (Å²) in [7, 11) is 3.25. The van der Waals surface area contributed by atoms with Gasteiger partial charge in [0.15, 0.2) is 17.3 Å². The lowest BCUT2D eigenvalue weighted by atomic mass is 9.87. The van der Waals surface area contributed by atoms with Crippen LogP contribution in [0.15, 0.2) is 42.5 Å². The third-order valence-corrected chi connectivity index (χ3v) is 5.58. The molecule has 0 aliphatic heterocycles. The summed E-state index contributed by atoms with van der Waals surface area (Å²) in [5.74, 6) is 2.09. The Kier molecular flexibility index (Phi) is 4.55. The second kappa shape index (κ2) is 6.91. The molecule has 4 aromatic rings. The van der Waals surface area contributed by atoms with Crippen molar-refractivity contribution in [3.8, 4) is 33.5 Å². The maximum Gasteiger partial charge on any atom is 0.235 e. The SMILES string of the molecule is COc1ccc(-c2nn3c(-c4ccc(C(C)(C)C)cc4)nnc3s2)cc1OC. The van der Waals surface area contributed by atoms with Crippen molar-refractivity contribution in [3.63, 3.8) is 0 Å². The Hall–Kier alpha value is -2.93. The van der Waals surface area contributed by atoms with Gasteiger partial charge in [0.2, 0.25) is 4.96 Å². The molecule has 0 bridgehead atoms. The molecule has 0 amide bonds. The third kappa shape index (κ3) is 3.22. The maximum atomic E-state index is 5.40. The topological polar surface area (TPSA) is 61.5 Å². The number of methoxy groups -OCH3 is 2. The zero-order valence-electron chi connectivity index (χ0n) is 16.6. The Bertz CT molecular complexity index is 1120. The molecule has 0 radical (unpaired) electrons. The van der Waals surface area contributed by atoms with E-state index in [1.165, 1.54) is 16.9 Å². The molecule has 0 fully saturated rings. The Labute approximate surface area is 167 Å². The van der Waals surface area contributed by atoms with Gasteiger partial charge in [-0.2, -0.15) is 9.61 Å². The molecule has 0 atom stereocenters. The fraction of sp³-hybridized carbons (Fsp3) is 0.286. The minimum atomic E-state index is 0.111. The summed E-state index contributed by atoms with van der Waals surface area (Å²) in [6.45, 7) is 6.60. The summed E-state index contributed by atoms with van der Waals surface area (Å²) >= 11 is 1.49. The number of ether oxygens (including phenoxy) is 2. The molecule has 0 N–H and O–H groups in total. The van der Waals surface area contributed by atoms with Crippen LogP contribution in [-0.4, -0.2) is 34.0 Å². The van der Waals surface area contributed by atoms with Crippen molar-refractivity contribution in [2.24, 2.45) is 0 Å². The maximum absolute atomic E-state index is 5.40. The van der Waals surface area contributed by atoms with Crippen LogP contribution in [-0.2, 0) is 5.41 Å².